The predicted molar refractivity (Wildman–Crippen MR) is 143 cm³/mol. The van der Waals surface area contributed by atoms with Crippen LogP contribution in [0.25, 0.3) is 21.8 Å². The van der Waals surface area contributed by atoms with Crippen LogP contribution in [0.4, 0.5) is 11.4 Å². The number of nitrogens with one attached hydrogen (secondary N) is 2. The average molecular weight is 500 g/mol. The van der Waals surface area contributed by atoms with Crippen LogP contribution >= 0.6 is 0 Å². The fraction of sp³-hybridized carbons (Fsp3) is 0.111. The minimum Gasteiger partial charge on any atom is -0.378 e. The molecule has 2 heterocycles. The zero-order chi connectivity index (χ0) is 25.3. The monoisotopic (exact) mass is 499 g/mol. The first-order chi connectivity index (χ1) is 17.4. The molecule has 0 atom stereocenters. The van der Waals surface area contributed by atoms with E-state index < -0.39 is 16.1 Å². The van der Waals surface area contributed by atoms with Gasteiger partial charge in [-0.25, -0.2) is 8.96 Å². The Labute approximate surface area is 209 Å². The first kappa shape index (κ1) is 23.5. The van der Waals surface area contributed by atoms with Gasteiger partial charge < -0.3 is 10.6 Å². The van der Waals surface area contributed by atoms with Crippen LogP contribution in [0, 0.1) is 0 Å². The standard InChI is InChI=1S/C27H25N5O3S/c1-31(2)36(34,35)32-22-16-10-9-15-21(22)24-23(32)18-29-26(27(33)30-20-13-7-4-8-14-20)25(24)28-17-19-11-5-3-6-12-19/h3-16,18,28H,17H2,1-2H3,(H,30,33). The number of rotatable bonds is 7. The Bertz CT molecular complexity index is 1660. The Morgan fingerprint density at radius 3 is 2.22 bits per heavy atom. The molecule has 0 saturated heterocycles. The third-order valence-electron chi connectivity index (χ3n) is 5.92. The van der Waals surface area contributed by atoms with Crippen molar-refractivity contribution in [3.05, 3.63) is 102 Å². The molecule has 0 aliphatic rings. The molecule has 3 aromatic carbocycles. The van der Waals surface area contributed by atoms with Crippen molar-refractivity contribution in [2.24, 2.45) is 0 Å². The summed E-state index contributed by atoms with van der Waals surface area (Å²) in [5.41, 5.74) is 3.17. The molecule has 182 valence electrons. The molecular formula is C27H25N5O3S. The Morgan fingerprint density at radius 2 is 1.53 bits per heavy atom. The fourth-order valence-electron chi connectivity index (χ4n) is 4.17. The van der Waals surface area contributed by atoms with E-state index in [4.69, 9.17) is 0 Å². The number of para-hydroxylation sites is 2. The lowest BCUT2D eigenvalue weighted by atomic mass is 10.1. The molecule has 0 bridgehead atoms. The van der Waals surface area contributed by atoms with Crippen LogP contribution in [0.3, 0.4) is 0 Å². The van der Waals surface area contributed by atoms with Crippen LogP contribution < -0.4 is 10.6 Å². The average Bonchev–Trinajstić information content (AvgIpc) is 3.23. The SMILES string of the molecule is CN(C)S(=O)(=O)n1c2ccccc2c2c(NCc3ccccc3)c(C(=O)Nc3ccccc3)ncc21. The van der Waals surface area contributed by atoms with Gasteiger partial charge in [-0.15, -0.1) is 0 Å². The maximum Gasteiger partial charge on any atom is 0.308 e. The zero-order valence-electron chi connectivity index (χ0n) is 19.8. The summed E-state index contributed by atoms with van der Waals surface area (Å²) in [6.07, 6.45) is 1.45. The Balaban J connectivity index is 1.75. The largest absolute Gasteiger partial charge is 0.378 e. The number of carbonyl (C=O) groups excluding carboxylic acids is 1. The van der Waals surface area contributed by atoms with Gasteiger partial charge in [-0.3, -0.25) is 4.79 Å². The third kappa shape index (κ3) is 4.19. The summed E-state index contributed by atoms with van der Waals surface area (Å²) in [6, 6.07) is 26.1. The van der Waals surface area contributed by atoms with E-state index in [0.717, 1.165) is 9.87 Å². The Morgan fingerprint density at radius 1 is 0.889 bits per heavy atom. The number of hydrogen-bond acceptors (Lipinski definition) is 5. The summed E-state index contributed by atoms with van der Waals surface area (Å²) in [5.74, 6) is -0.397. The van der Waals surface area contributed by atoms with Gasteiger partial charge in [0.15, 0.2) is 5.69 Å². The molecule has 0 aliphatic heterocycles. The third-order valence-corrected chi connectivity index (χ3v) is 7.70. The van der Waals surface area contributed by atoms with Gasteiger partial charge in [0.25, 0.3) is 5.91 Å². The lowest BCUT2D eigenvalue weighted by Gasteiger charge is -2.16. The molecule has 0 radical (unpaired) electrons. The van der Waals surface area contributed by atoms with Crippen molar-refractivity contribution in [2.75, 3.05) is 24.7 Å². The number of fused-ring (bicyclic) bond motifs is 3. The van der Waals surface area contributed by atoms with E-state index in [1.807, 2.05) is 60.7 Å². The molecule has 8 nitrogen and oxygen atoms in total. The van der Waals surface area contributed by atoms with Crippen molar-refractivity contribution < 1.29 is 13.2 Å². The van der Waals surface area contributed by atoms with E-state index in [2.05, 4.69) is 15.6 Å². The number of hydrogen-bond donors (Lipinski definition) is 2. The van der Waals surface area contributed by atoms with Crippen LogP contribution in [-0.4, -0.2) is 41.7 Å². The molecule has 9 heteroatoms. The summed E-state index contributed by atoms with van der Waals surface area (Å²) in [5, 5.41) is 7.58. The normalized spacial score (nSPS) is 11.8. The Hall–Kier alpha value is -4.21. The number of amides is 1. The molecule has 5 rings (SSSR count). The zero-order valence-corrected chi connectivity index (χ0v) is 20.7. The van der Waals surface area contributed by atoms with Crippen LogP contribution in [0.15, 0.2) is 91.1 Å². The minimum atomic E-state index is -3.87. The molecule has 0 spiro atoms. The van der Waals surface area contributed by atoms with E-state index in [1.54, 1.807) is 24.3 Å². The van der Waals surface area contributed by atoms with Crippen LogP contribution in [-0.2, 0) is 16.8 Å². The number of aromatic nitrogens is 2. The van der Waals surface area contributed by atoms with Crippen molar-refractivity contribution in [1.29, 1.82) is 0 Å². The van der Waals surface area contributed by atoms with E-state index in [9.17, 15) is 13.2 Å². The van der Waals surface area contributed by atoms with Crippen molar-refractivity contribution in [2.45, 2.75) is 6.54 Å². The summed E-state index contributed by atoms with van der Waals surface area (Å²) >= 11 is 0. The van der Waals surface area contributed by atoms with Gasteiger partial charge >= 0.3 is 10.2 Å². The molecule has 36 heavy (non-hydrogen) atoms. The number of benzene rings is 3. The number of anilines is 2. The highest BCUT2D eigenvalue weighted by Gasteiger charge is 2.27. The van der Waals surface area contributed by atoms with Crippen LogP contribution in [0.2, 0.25) is 0 Å². The molecule has 0 saturated carbocycles. The highest BCUT2D eigenvalue weighted by atomic mass is 32.2. The van der Waals surface area contributed by atoms with Gasteiger partial charge in [-0.2, -0.15) is 12.7 Å². The Kier molecular flexibility index (Phi) is 6.17. The second-order valence-electron chi connectivity index (χ2n) is 8.47. The van der Waals surface area contributed by atoms with E-state index >= 15 is 0 Å². The first-order valence-corrected chi connectivity index (χ1v) is 12.8. The number of carbonyl (C=O) groups is 1. The van der Waals surface area contributed by atoms with Crippen molar-refractivity contribution in [3.8, 4) is 0 Å². The highest BCUT2D eigenvalue weighted by Crippen LogP contribution is 2.37. The molecule has 5 aromatic rings. The van der Waals surface area contributed by atoms with E-state index in [1.165, 1.54) is 24.3 Å². The first-order valence-electron chi connectivity index (χ1n) is 11.4. The molecule has 2 aromatic heterocycles. The molecule has 0 fully saturated rings. The van der Waals surface area contributed by atoms with Gasteiger partial charge in [0.05, 0.1) is 22.9 Å². The summed E-state index contributed by atoms with van der Waals surface area (Å²) in [7, 11) is -0.899. The smallest absolute Gasteiger partial charge is 0.308 e. The van der Waals surface area contributed by atoms with E-state index in [-0.39, 0.29) is 5.69 Å². The lowest BCUT2D eigenvalue weighted by molar-refractivity contribution is 0.102. The topological polar surface area (TPSA) is 96.3 Å². The second kappa shape index (κ2) is 9.44. The lowest BCUT2D eigenvalue weighted by Crippen LogP contribution is -2.28. The second-order valence-corrected chi connectivity index (χ2v) is 10.5. The quantitative estimate of drug-likeness (QED) is 0.338. The van der Waals surface area contributed by atoms with Crippen molar-refractivity contribution in [1.82, 2.24) is 13.3 Å². The predicted octanol–water partition coefficient (Wildman–Crippen LogP) is 4.71. The molecular weight excluding hydrogens is 474 g/mol. The molecule has 1 amide bonds. The van der Waals surface area contributed by atoms with Gasteiger partial charge in [0.2, 0.25) is 0 Å². The molecule has 2 N–H and O–H groups in total. The summed E-state index contributed by atoms with van der Waals surface area (Å²) in [4.78, 5) is 17.9. The van der Waals surface area contributed by atoms with Gasteiger partial charge in [0, 0.05) is 37.1 Å². The van der Waals surface area contributed by atoms with Gasteiger partial charge in [-0.05, 0) is 23.8 Å². The highest BCUT2D eigenvalue weighted by molar-refractivity contribution is 7.87. The minimum absolute atomic E-state index is 0.174. The fourth-order valence-corrected chi connectivity index (χ4v) is 5.30. The maximum absolute atomic E-state index is 13.4. The summed E-state index contributed by atoms with van der Waals surface area (Å²) < 4.78 is 29.1. The van der Waals surface area contributed by atoms with Crippen LogP contribution in [0.1, 0.15) is 16.1 Å². The van der Waals surface area contributed by atoms with Crippen molar-refractivity contribution in [3.63, 3.8) is 0 Å². The van der Waals surface area contributed by atoms with Gasteiger partial charge in [-0.1, -0.05) is 66.7 Å². The van der Waals surface area contributed by atoms with Gasteiger partial charge in [0.1, 0.15) is 0 Å². The number of pyridine rings is 1. The maximum atomic E-state index is 13.4. The summed E-state index contributed by atoms with van der Waals surface area (Å²) in [6.45, 7) is 0.424. The van der Waals surface area contributed by atoms with Crippen molar-refractivity contribution >= 4 is 49.3 Å². The van der Waals surface area contributed by atoms with E-state index in [0.29, 0.717) is 39.7 Å². The molecule has 0 aliphatic carbocycles. The number of nitrogens with zero attached hydrogens (tertiary/aromatic N) is 3. The van der Waals surface area contributed by atoms with Crippen LogP contribution in [0.5, 0.6) is 0 Å². The molecule has 0 unspecified atom stereocenters.